The molecule has 0 saturated carbocycles. The average Bonchev–Trinajstić information content (AvgIpc) is 2.08. The molecule has 5 heteroatoms. The summed E-state index contributed by atoms with van der Waals surface area (Å²) in [4.78, 5) is 4.09. The zero-order valence-electron chi connectivity index (χ0n) is 5.81. The van der Waals surface area contributed by atoms with Crippen LogP contribution >= 0.6 is 31.9 Å². The fraction of sp³-hybridized carbons (Fsp3) is 0.800. The maximum absolute atomic E-state index is 4.09. The van der Waals surface area contributed by atoms with Crippen LogP contribution in [0.3, 0.4) is 0 Å². The van der Waals surface area contributed by atoms with E-state index < -0.39 is 3.48 Å². The van der Waals surface area contributed by atoms with Crippen LogP contribution in [0.25, 0.3) is 0 Å². The van der Waals surface area contributed by atoms with Gasteiger partial charge in [0.15, 0.2) is 0 Å². The summed E-state index contributed by atoms with van der Waals surface area (Å²) in [5.74, 6) is 0. The van der Waals surface area contributed by atoms with Gasteiger partial charge in [-0.2, -0.15) is 5.01 Å². The van der Waals surface area contributed by atoms with Gasteiger partial charge in [-0.05, 0) is 45.7 Å². The highest BCUT2D eigenvalue weighted by molar-refractivity contribution is 9.25. The summed E-state index contributed by atoms with van der Waals surface area (Å²) in [5.41, 5.74) is 2.99. The van der Waals surface area contributed by atoms with E-state index in [9.17, 15) is 0 Å². The van der Waals surface area contributed by atoms with Gasteiger partial charge in [0.25, 0.3) is 0 Å². The highest BCUT2D eigenvalue weighted by atomic mass is 79.9. The third kappa shape index (κ3) is 1.52. The molecule has 0 amide bonds. The number of alkyl halides is 2. The number of nitrogens with zero attached hydrogens (tertiary/aromatic N) is 2. The molecule has 10 heavy (non-hydrogen) atoms. The number of hydrogen-bond donors (Lipinski definition) is 1. The zero-order valence-corrected chi connectivity index (χ0v) is 8.98. The molecule has 0 saturated heterocycles. The number of aliphatic imine (C=N–C) groups is 1. The van der Waals surface area contributed by atoms with E-state index in [1.165, 1.54) is 0 Å². The van der Waals surface area contributed by atoms with Gasteiger partial charge < -0.3 is 5.43 Å². The maximum Gasteiger partial charge on any atom is 0.243 e. The predicted molar refractivity (Wildman–Crippen MR) is 49.2 cm³/mol. The lowest BCUT2D eigenvalue weighted by atomic mass is 10.4. The molecule has 58 valence electrons. The third-order valence-corrected chi connectivity index (χ3v) is 2.40. The first kappa shape index (κ1) is 8.49. The first-order valence-corrected chi connectivity index (χ1v) is 4.59. The van der Waals surface area contributed by atoms with E-state index >= 15 is 0 Å². The van der Waals surface area contributed by atoms with E-state index in [0.29, 0.717) is 6.04 Å². The van der Waals surface area contributed by atoms with Crippen molar-refractivity contribution in [1.29, 1.82) is 0 Å². The minimum atomic E-state index is -0.450. The minimum absolute atomic E-state index is 0.390. The van der Waals surface area contributed by atoms with Crippen LogP contribution in [0.15, 0.2) is 4.99 Å². The van der Waals surface area contributed by atoms with E-state index in [1.54, 1.807) is 6.34 Å². The fourth-order valence-electron chi connectivity index (χ4n) is 0.768. The monoisotopic (exact) mass is 269 g/mol. The summed E-state index contributed by atoms with van der Waals surface area (Å²) < 4.78 is -0.450. The van der Waals surface area contributed by atoms with Crippen molar-refractivity contribution in [2.75, 3.05) is 0 Å². The molecule has 0 aromatic heterocycles. The number of rotatable bonds is 1. The molecule has 1 rings (SSSR count). The highest BCUT2D eigenvalue weighted by Crippen LogP contribution is 2.34. The van der Waals surface area contributed by atoms with Gasteiger partial charge in [0.05, 0.1) is 0 Å². The Morgan fingerprint density at radius 3 is 2.40 bits per heavy atom. The molecule has 0 bridgehead atoms. The van der Waals surface area contributed by atoms with E-state index in [0.717, 1.165) is 0 Å². The maximum atomic E-state index is 4.09. The molecule has 0 aromatic rings. The van der Waals surface area contributed by atoms with Gasteiger partial charge >= 0.3 is 0 Å². The second-order valence-electron chi connectivity index (χ2n) is 2.36. The molecule has 0 unspecified atom stereocenters. The molecule has 0 atom stereocenters. The first-order chi connectivity index (χ1) is 4.54. The van der Waals surface area contributed by atoms with Crippen molar-refractivity contribution < 1.29 is 0 Å². The summed E-state index contributed by atoms with van der Waals surface area (Å²) in [6.45, 7) is 4.16. The van der Waals surface area contributed by atoms with Crippen molar-refractivity contribution in [2.24, 2.45) is 4.99 Å². The van der Waals surface area contributed by atoms with Crippen LogP contribution in [0, 0.1) is 0 Å². The van der Waals surface area contributed by atoms with Crippen molar-refractivity contribution in [3.8, 4) is 0 Å². The second-order valence-corrected chi connectivity index (χ2v) is 5.64. The second kappa shape index (κ2) is 2.79. The Hall–Kier alpha value is 0.390. The number of hydrogen-bond acceptors (Lipinski definition) is 3. The summed E-state index contributed by atoms with van der Waals surface area (Å²) >= 11 is 6.78. The number of halogens is 2. The molecular formula is C5H9Br2N3. The molecule has 0 radical (unpaired) electrons. The Labute approximate surface area is 77.1 Å². The van der Waals surface area contributed by atoms with E-state index in [2.05, 4.69) is 56.1 Å². The standard InChI is InChI=1S/C5H9Br2N3/c1-4(2)10-5(6,7)8-3-9-10/h3-4H,1-2H3,(H,8,9). The van der Waals surface area contributed by atoms with Gasteiger partial charge in [-0.25, -0.2) is 4.99 Å². The molecule has 0 aromatic carbocycles. The Balaban J connectivity index is 2.66. The number of hydrazine groups is 1. The van der Waals surface area contributed by atoms with Crippen LogP contribution in [0.2, 0.25) is 0 Å². The van der Waals surface area contributed by atoms with Crippen molar-refractivity contribution in [2.45, 2.75) is 23.4 Å². The third-order valence-electron chi connectivity index (χ3n) is 1.22. The van der Waals surface area contributed by atoms with Crippen LogP contribution in [-0.2, 0) is 0 Å². The number of nitrogens with one attached hydrogen (secondary N) is 1. The van der Waals surface area contributed by atoms with Crippen molar-refractivity contribution >= 4 is 38.2 Å². The molecule has 0 fully saturated rings. The fourth-order valence-corrected chi connectivity index (χ4v) is 2.00. The van der Waals surface area contributed by atoms with Gasteiger partial charge in [-0.1, -0.05) is 0 Å². The van der Waals surface area contributed by atoms with Crippen LogP contribution < -0.4 is 5.43 Å². The average molecular weight is 271 g/mol. The van der Waals surface area contributed by atoms with Crippen LogP contribution in [0.1, 0.15) is 13.8 Å². The van der Waals surface area contributed by atoms with Gasteiger partial charge in [0, 0.05) is 6.04 Å². The highest BCUT2D eigenvalue weighted by Gasteiger charge is 2.35. The first-order valence-electron chi connectivity index (χ1n) is 3.01. The smallest absolute Gasteiger partial charge is 0.243 e. The van der Waals surface area contributed by atoms with Gasteiger partial charge in [-0.15, -0.1) is 0 Å². The Kier molecular flexibility index (Phi) is 2.37. The van der Waals surface area contributed by atoms with Crippen molar-refractivity contribution in [3.63, 3.8) is 0 Å². The summed E-state index contributed by atoms with van der Waals surface area (Å²) in [6, 6.07) is 0.390. The van der Waals surface area contributed by atoms with E-state index in [-0.39, 0.29) is 0 Å². The van der Waals surface area contributed by atoms with Crippen LogP contribution in [0.4, 0.5) is 0 Å². The topological polar surface area (TPSA) is 27.6 Å². The lowest BCUT2D eigenvalue weighted by Crippen LogP contribution is -2.45. The largest absolute Gasteiger partial charge is 0.306 e. The predicted octanol–water partition coefficient (Wildman–Crippen LogP) is 1.64. The summed E-state index contributed by atoms with van der Waals surface area (Å²) in [7, 11) is 0. The molecule has 0 spiro atoms. The zero-order chi connectivity index (χ0) is 7.78. The lowest BCUT2D eigenvalue weighted by molar-refractivity contribution is 0.184. The molecule has 0 aliphatic carbocycles. The van der Waals surface area contributed by atoms with E-state index in [4.69, 9.17) is 0 Å². The quantitative estimate of drug-likeness (QED) is 0.580. The molecule has 1 heterocycles. The summed E-state index contributed by atoms with van der Waals surface area (Å²) in [6.07, 6.45) is 1.66. The molecular weight excluding hydrogens is 262 g/mol. The molecule has 1 aliphatic rings. The van der Waals surface area contributed by atoms with Crippen molar-refractivity contribution in [3.05, 3.63) is 0 Å². The Morgan fingerprint density at radius 2 is 2.20 bits per heavy atom. The van der Waals surface area contributed by atoms with Gasteiger partial charge in [0.1, 0.15) is 6.34 Å². The van der Waals surface area contributed by atoms with Crippen molar-refractivity contribution in [1.82, 2.24) is 10.4 Å². The Bertz CT molecular complexity index is 155. The normalized spacial score (nSPS) is 23.7. The molecule has 3 nitrogen and oxygen atoms in total. The Morgan fingerprint density at radius 1 is 1.60 bits per heavy atom. The molecule has 1 N–H and O–H groups in total. The van der Waals surface area contributed by atoms with Crippen LogP contribution in [-0.4, -0.2) is 20.9 Å². The summed E-state index contributed by atoms with van der Waals surface area (Å²) in [5, 5.41) is 1.95. The minimum Gasteiger partial charge on any atom is -0.306 e. The van der Waals surface area contributed by atoms with Crippen LogP contribution in [0.5, 0.6) is 0 Å². The SMILES string of the molecule is CC(C)N1NC=NC1(Br)Br. The van der Waals surface area contributed by atoms with Gasteiger partial charge in [-0.3, -0.25) is 0 Å². The van der Waals surface area contributed by atoms with Gasteiger partial charge in [0.2, 0.25) is 3.48 Å². The molecule has 1 aliphatic heterocycles. The lowest BCUT2D eigenvalue weighted by Gasteiger charge is -2.28. The van der Waals surface area contributed by atoms with E-state index in [1.807, 2.05) is 5.01 Å².